The minimum atomic E-state index is -0.871. The maximum absolute atomic E-state index is 12.4. The topological polar surface area (TPSA) is 69.6 Å². The molecule has 3 N–H and O–H groups in total. The van der Waals surface area contributed by atoms with E-state index in [4.69, 9.17) is 0 Å². The summed E-state index contributed by atoms with van der Waals surface area (Å²) in [6.07, 6.45) is 59.6. The Balaban J connectivity index is 3.69. The van der Waals surface area contributed by atoms with Gasteiger partial charge in [0.2, 0.25) is 5.91 Å². The van der Waals surface area contributed by atoms with Gasteiger partial charge < -0.3 is 15.5 Å². The lowest BCUT2D eigenvalue weighted by Crippen LogP contribution is -2.45. The normalized spacial score (nSPS) is 13.9. The van der Waals surface area contributed by atoms with E-state index in [1.165, 1.54) is 83.5 Å². The molecule has 50 heavy (non-hydrogen) atoms. The highest BCUT2D eigenvalue weighted by Gasteiger charge is 2.17. The van der Waals surface area contributed by atoms with E-state index in [9.17, 15) is 15.0 Å². The van der Waals surface area contributed by atoms with Crippen LogP contribution in [0.25, 0.3) is 0 Å². The van der Waals surface area contributed by atoms with Crippen LogP contribution in [0.15, 0.2) is 85.1 Å². The largest absolute Gasteiger partial charge is 0.394 e. The van der Waals surface area contributed by atoms with E-state index in [2.05, 4.69) is 92.1 Å². The van der Waals surface area contributed by atoms with Crippen LogP contribution in [0.1, 0.15) is 181 Å². The minimum Gasteiger partial charge on any atom is -0.394 e. The quantitative estimate of drug-likeness (QED) is 0.0452. The molecule has 0 aromatic carbocycles. The van der Waals surface area contributed by atoms with Crippen molar-refractivity contribution < 1.29 is 15.0 Å². The van der Waals surface area contributed by atoms with E-state index >= 15 is 0 Å². The van der Waals surface area contributed by atoms with Crippen molar-refractivity contribution in [3.05, 3.63) is 85.1 Å². The van der Waals surface area contributed by atoms with Crippen molar-refractivity contribution in [3.63, 3.8) is 0 Å². The number of hydrogen-bond donors (Lipinski definition) is 3. The summed E-state index contributed by atoms with van der Waals surface area (Å²) >= 11 is 0. The van der Waals surface area contributed by atoms with Gasteiger partial charge in [0.25, 0.3) is 0 Å². The van der Waals surface area contributed by atoms with Crippen LogP contribution in [-0.2, 0) is 4.79 Å². The van der Waals surface area contributed by atoms with E-state index in [-0.39, 0.29) is 12.5 Å². The number of unbranched alkanes of at least 4 members (excludes halogenated alkanes) is 17. The number of amides is 1. The van der Waals surface area contributed by atoms with Crippen molar-refractivity contribution in [1.82, 2.24) is 5.32 Å². The van der Waals surface area contributed by atoms with E-state index in [1.807, 2.05) is 6.08 Å². The lowest BCUT2D eigenvalue weighted by molar-refractivity contribution is -0.123. The van der Waals surface area contributed by atoms with E-state index in [0.29, 0.717) is 6.42 Å². The Hall–Kier alpha value is -2.43. The van der Waals surface area contributed by atoms with E-state index in [0.717, 1.165) is 77.0 Å². The molecule has 0 aliphatic carbocycles. The smallest absolute Gasteiger partial charge is 0.220 e. The molecule has 0 aromatic heterocycles. The predicted octanol–water partition coefficient (Wildman–Crippen LogP) is 12.9. The van der Waals surface area contributed by atoms with Crippen molar-refractivity contribution in [3.8, 4) is 0 Å². The highest BCUT2D eigenvalue weighted by molar-refractivity contribution is 5.76. The lowest BCUT2D eigenvalue weighted by atomic mass is 10.1. The maximum Gasteiger partial charge on any atom is 0.220 e. The van der Waals surface area contributed by atoms with Gasteiger partial charge in [-0.1, -0.05) is 182 Å². The number of allylic oxidation sites excluding steroid dienone is 13. The van der Waals surface area contributed by atoms with E-state index in [1.54, 1.807) is 6.08 Å². The minimum absolute atomic E-state index is 0.0898. The van der Waals surface area contributed by atoms with Gasteiger partial charge in [0.15, 0.2) is 0 Å². The Labute approximate surface area is 310 Å². The number of nitrogens with one attached hydrogen (secondary N) is 1. The Morgan fingerprint density at radius 1 is 0.500 bits per heavy atom. The number of rotatable bonds is 36. The Bertz CT molecular complexity index is 926. The Kier molecular flexibility index (Phi) is 39.0. The summed E-state index contributed by atoms with van der Waals surface area (Å²) in [5.41, 5.74) is 0. The summed E-state index contributed by atoms with van der Waals surface area (Å²) < 4.78 is 0. The fraction of sp³-hybridized carbons (Fsp3) is 0.674. The molecule has 0 aliphatic heterocycles. The van der Waals surface area contributed by atoms with Gasteiger partial charge in [0.05, 0.1) is 18.8 Å². The van der Waals surface area contributed by atoms with Gasteiger partial charge in [0.1, 0.15) is 0 Å². The molecule has 0 radical (unpaired) electrons. The third kappa shape index (κ3) is 36.8. The first-order chi connectivity index (χ1) is 24.7. The molecule has 4 heteroatoms. The number of aliphatic hydroxyl groups excluding tert-OH is 2. The average molecular weight is 694 g/mol. The highest BCUT2D eigenvalue weighted by Crippen LogP contribution is 2.12. The van der Waals surface area contributed by atoms with Crippen LogP contribution < -0.4 is 5.32 Å². The SMILES string of the molecule is CC/C=C\C/C=C\C/C=C\C/C=C\C/C=C\CCCCCCCCCC(=O)NC(CO)C(O)/C=C/CC/C=C/CCCCCCCCCCC. The van der Waals surface area contributed by atoms with Gasteiger partial charge in [-0.05, 0) is 77.0 Å². The molecule has 2 atom stereocenters. The molecule has 0 aromatic rings. The van der Waals surface area contributed by atoms with Gasteiger partial charge in [-0.25, -0.2) is 0 Å². The molecule has 2 unspecified atom stereocenters. The fourth-order valence-corrected chi connectivity index (χ4v) is 5.69. The summed E-state index contributed by atoms with van der Waals surface area (Å²) in [6.45, 7) is 4.16. The number of carbonyl (C=O) groups is 1. The van der Waals surface area contributed by atoms with Crippen LogP contribution in [-0.4, -0.2) is 34.9 Å². The van der Waals surface area contributed by atoms with Gasteiger partial charge in [-0.2, -0.15) is 0 Å². The van der Waals surface area contributed by atoms with Gasteiger partial charge in [-0.3, -0.25) is 4.79 Å². The zero-order valence-corrected chi connectivity index (χ0v) is 32.6. The molecule has 0 rings (SSSR count). The van der Waals surface area contributed by atoms with Crippen LogP contribution in [0, 0.1) is 0 Å². The van der Waals surface area contributed by atoms with Gasteiger partial charge in [-0.15, -0.1) is 0 Å². The third-order valence-corrected chi connectivity index (χ3v) is 8.86. The third-order valence-electron chi connectivity index (χ3n) is 8.86. The zero-order valence-electron chi connectivity index (χ0n) is 32.6. The van der Waals surface area contributed by atoms with Crippen LogP contribution in [0.4, 0.5) is 0 Å². The number of hydrogen-bond acceptors (Lipinski definition) is 3. The molecular formula is C46H79NO3. The first kappa shape index (κ1) is 47.6. The van der Waals surface area contributed by atoms with Gasteiger partial charge >= 0.3 is 0 Å². The number of aliphatic hydroxyl groups is 2. The molecule has 286 valence electrons. The number of carbonyl (C=O) groups excluding carboxylic acids is 1. The zero-order chi connectivity index (χ0) is 36.4. The van der Waals surface area contributed by atoms with E-state index < -0.39 is 12.1 Å². The summed E-state index contributed by atoms with van der Waals surface area (Å²) in [5.74, 6) is -0.0898. The van der Waals surface area contributed by atoms with Crippen molar-refractivity contribution in [1.29, 1.82) is 0 Å². The molecule has 0 saturated carbocycles. The summed E-state index contributed by atoms with van der Waals surface area (Å²) in [6, 6.07) is -0.649. The predicted molar refractivity (Wildman–Crippen MR) is 220 cm³/mol. The molecule has 1 amide bonds. The van der Waals surface area contributed by atoms with Crippen molar-refractivity contribution >= 4 is 5.91 Å². The Morgan fingerprint density at radius 3 is 1.40 bits per heavy atom. The van der Waals surface area contributed by atoms with Crippen LogP contribution in [0.5, 0.6) is 0 Å². The second-order valence-corrected chi connectivity index (χ2v) is 13.7. The van der Waals surface area contributed by atoms with Crippen molar-refractivity contribution in [2.45, 2.75) is 193 Å². The highest BCUT2D eigenvalue weighted by atomic mass is 16.3. The average Bonchev–Trinajstić information content (AvgIpc) is 3.12. The monoisotopic (exact) mass is 694 g/mol. The van der Waals surface area contributed by atoms with Crippen LogP contribution >= 0.6 is 0 Å². The molecule has 0 fully saturated rings. The molecule has 0 spiro atoms. The lowest BCUT2D eigenvalue weighted by Gasteiger charge is -2.19. The first-order valence-corrected chi connectivity index (χ1v) is 20.8. The molecular weight excluding hydrogens is 615 g/mol. The van der Waals surface area contributed by atoms with Crippen LogP contribution in [0.2, 0.25) is 0 Å². The summed E-state index contributed by atoms with van der Waals surface area (Å²) in [5, 5.41) is 22.9. The van der Waals surface area contributed by atoms with Gasteiger partial charge in [0, 0.05) is 6.42 Å². The standard InChI is InChI=1S/C46H79NO3/c1-3-5-7-9-11-13-15-17-19-20-21-22-23-24-25-26-28-30-32-34-36-38-40-42-46(50)47-44(43-48)45(49)41-39-37-35-33-31-29-27-18-16-14-12-10-8-6-4-2/h5,7,11,13,17,19,21-22,24-25,31,33,39,41,44-45,48-49H,3-4,6,8-10,12,14-16,18,20,23,26-30,32,34-38,40,42-43H2,1-2H3,(H,47,50)/b7-5-,13-11-,19-17-,22-21-,25-24-,33-31+,41-39+. The van der Waals surface area contributed by atoms with Crippen LogP contribution in [0.3, 0.4) is 0 Å². The molecule has 0 aliphatic rings. The maximum atomic E-state index is 12.4. The molecule has 4 nitrogen and oxygen atoms in total. The summed E-state index contributed by atoms with van der Waals surface area (Å²) in [7, 11) is 0. The van der Waals surface area contributed by atoms with Crippen molar-refractivity contribution in [2.75, 3.05) is 6.61 Å². The first-order valence-electron chi connectivity index (χ1n) is 20.8. The molecule has 0 saturated heterocycles. The fourth-order valence-electron chi connectivity index (χ4n) is 5.69. The molecule has 0 heterocycles. The second-order valence-electron chi connectivity index (χ2n) is 13.7. The van der Waals surface area contributed by atoms with Crippen molar-refractivity contribution in [2.24, 2.45) is 0 Å². The summed E-state index contributed by atoms with van der Waals surface area (Å²) in [4.78, 5) is 12.4. The molecule has 0 bridgehead atoms. The Morgan fingerprint density at radius 2 is 0.900 bits per heavy atom. The second kappa shape index (κ2) is 41.0.